The SMILES string of the molecule is CC1(C)CC(O)CC(C)(C)N1CC(O)COCCOc1c(F)cc(Br)cc1F. The summed E-state index contributed by atoms with van der Waals surface area (Å²) in [5.41, 5.74) is -0.496. The van der Waals surface area contributed by atoms with Gasteiger partial charge in [0.05, 0.1) is 25.4 Å². The van der Waals surface area contributed by atoms with E-state index >= 15 is 0 Å². The largest absolute Gasteiger partial charge is 0.485 e. The van der Waals surface area contributed by atoms with E-state index in [1.54, 1.807) is 0 Å². The highest BCUT2D eigenvalue weighted by molar-refractivity contribution is 9.10. The van der Waals surface area contributed by atoms with Crippen LogP contribution in [0, 0.1) is 11.6 Å². The smallest absolute Gasteiger partial charge is 0.190 e. The molecular weight excluding hydrogens is 436 g/mol. The van der Waals surface area contributed by atoms with Crippen LogP contribution in [0.1, 0.15) is 40.5 Å². The van der Waals surface area contributed by atoms with E-state index in [-0.39, 0.29) is 37.0 Å². The van der Waals surface area contributed by atoms with Crippen molar-refractivity contribution in [1.82, 2.24) is 4.90 Å². The zero-order valence-corrected chi connectivity index (χ0v) is 18.4. The number of likely N-dealkylation sites (tertiary alicyclic amines) is 1. The lowest BCUT2D eigenvalue weighted by Gasteiger charge is -2.55. The highest BCUT2D eigenvalue weighted by Crippen LogP contribution is 2.38. The molecule has 2 N–H and O–H groups in total. The van der Waals surface area contributed by atoms with Crippen LogP contribution in [0.2, 0.25) is 0 Å². The number of aliphatic hydroxyl groups excluding tert-OH is 2. The lowest BCUT2D eigenvalue weighted by molar-refractivity contribution is -0.105. The second-order valence-corrected chi connectivity index (χ2v) is 9.49. The van der Waals surface area contributed by atoms with E-state index in [1.807, 2.05) is 0 Å². The number of halogens is 3. The predicted octanol–water partition coefficient (Wildman–Crippen LogP) is 3.50. The van der Waals surface area contributed by atoms with Crippen molar-refractivity contribution in [2.24, 2.45) is 0 Å². The van der Waals surface area contributed by atoms with Crippen molar-refractivity contribution in [3.63, 3.8) is 0 Å². The number of benzene rings is 1. The summed E-state index contributed by atoms with van der Waals surface area (Å²) in [5.74, 6) is -2.02. The summed E-state index contributed by atoms with van der Waals surface area (Å²) >= 11 is 3.01. The summed E-state index contributed by atoms with van der Waals surface area (Å²) < 4.78 is 38.2. The molecule has 1 fully saturated rings. The Hall–Kier alpha value is -0.800. The third kappa shape index (κ3) is 6.10. The van der Waals surface area contributed by atoms with Crippen LogP contribution in [0.25, 0.3) is 0 Å². The minimum Gasteiger partial charge on any atom is -0.485 e. The minimum absolute atomic E-state index is 0.0327. The van der Waals surface area contributed by atoms with Gasteiger partial charge in [-0.15, -0.1) is 0 Å². The quantitative estimate of drug-likeness (QED) is 0.575. The summed E-state index contributed by atoms with van der Waals surface area (Å²) in [7, 11) is 0. The molecule has 0 amide bonds. The molecule has 1 aromatic rings. The molecule has 28 heavy (non-hydrogen) atoms. The van der Waals surface area contributed by atoms with Crippen molar-refractivity contribution in [3.8, 4) is 5.75 Å². The van der Waals surface area contributed by atoms with Gasteiger partial charge in [0.2, 0.25) is 0 Å². The first-order valence-corrected chi connectivity index (χ1v) is 10.2. The van der Waals surface area contributed by atoms with E-state index in [4.69, 9.17) is 9.47 Å². The molecule has 2 rings (SSSR count). The van der Waals surface area contributed by atoms with Crippen molar-refractivity contribution in [2.75, 3.05) is 26.4 Å². The molecule has 1 aromatic carbocycles. The maximum absolute atomic E-state index is 13.7. The number of aliphatic hydroxyl groups is 2. The predicted molar refractivity (Wildman–Crippen MR) is 106 cm³/mol. The van der Waals surface area contributed by atoms with Crippen LogP contribution in [-0.4, -0.2) is 64.8 Å². The lowest BCUT2D eigenvalue weighted by atomic mass is 9.78. The fourth-order valence-electron chi connectivity index (χ4n) is 4.11. The molecule has 0 saturated carbocycles. The first-order valence-electron chi connectivity index (χ1n) is 9.41. The normalized spacial score (nSPS) is 20.9. The number of ether oxygens (including phenoxy) is 2. The van der Waals surface area contributed by atoms with E-state index in [0.717, 1.165) is 12.1 Å². The number of piperidine rings is 1. The zero-order chi connectivity index (χ0) is 21.1. The summed E-state index contributed by atoms with van der Waals surface area (Å²) in [5, 5.41) is 20.5. The molecule has 1 aliphatic heterocycles. The van der Waals surface area contributed by atoms with E-state index in [0.29, 0.717) is 23.9 Å². The van der Waals surface area contributed by atoms with Crippen LogP contribution >= 0.6 is 15.9 Å². The van der Waals surface area contributed by atoms with Gasteiger partial charge in [-0.2, -0.15) is 0 Å². The van der Waals surface area contributed by atoms with Gasteiger partial charge in [0.1, 0.15) is 6.61 Å². The molecule has 0 aliphatic carbocycles. The number of nitrogens with zero attached hydrogens (tertiary/aromatic N) is 1. The van der Waals surface area contributed by atoms with Crippen LogP contribution in [-0.2, 0) is 4.74 Å². The van der Waals surface area contributed by atoms with Crippen molar-refractivity contribution < 1.29 is 28.5 Å². The molecule has 1 saturated heterocycles. The van der Waals surface area contributed by atoms with Gasteiger partial charge >= 0.3 is 0 Å². The zero-order valence-electron chi connectivity index (χ0n) is 16.8. The molecule has 0 bridgehead atoms. The summed E-state index contributed by atoms with van der Waals surface area (Å²) in [6.07, 6.45) is 0.200. The number of hydrogen-bond donors (Lipinski definition) is 2. The van der Waals surface area contributed by atoms with Crippen molar-refractivity contribution in [2.45, 2.75) is 63.8 Å². The standard InChI is InChI=1S/C20H30BrF2NO4/c1-19(2)9-14(25)10-20(3,4)24(19)11-15(26)12-27-5-6-28-18-16(22)7-13(21)8-17(18)23/h7-8,14-15,25-26H,5-6,9-12H2,1-4H3. The van der Waals surface area contributed by atoms with Crippen molar-refractivity contribution in [1.29, 1.82) is 0 Å². The van der Waals surface area contributed by atoms with Gasteiger partial charge in [-0.25, -0.2) is 8.78 Å². The third-order valence-corrected chi connectivity index (χ3v) is 5.53. The van der Waals surface area contributed by atoms with Gasteiger partial charge in [0.25, 0.3) is 0 Å². The Balaban J connectivity index is 1.78. The fraction of sp³-hybridized carbons (Fsp3) is 0.700. The van der Waals surface area contributed by atoms with Crippen LogP contribution in [0.15, 0.2) is 16.6 Å². The molecule has 1 heterocycles. The molecule has 0 spiro atoms. The fourth-order valence-corrected chi connectivity index (χ4v) is 4.51. The number of β-amino-alcohol motifs (C(OH)–C–C–N with tert-alkyl or cyclic N) is 1. The van der Waals surface area contributed by atoms with Gasteiger partial charge < -0.3 is 19.7 Å². The molecule has 160 valence electrons. The van der Waals surface area contributed by atoms with Crippen LogP contribution in [0.4, 0.5) is 8.78 Å². The van der Waals surface area contributed by atoms with E-state index in [1.165, 1.54) is 0 Å². The molecule has 5 nitrogen and oxygen atoms in total. The highest BCUT2D eigenvalue weighted by Gasteiger charge is 2.45. The number of rotatable bonds is 8. The topological polar surface area (TPSA) is 62.2 Å². The van der Waals surface area contributed by atoms with E-state index in [2.05, 4.69) is 48.5 Å². The van der Waals surface area contributed by atoms with Crippen molar-refractivity contribution >= 4 is 15.9 Å². The molecule has 1 aliphatic rings. The molecule has 1 atom stereocenters. The average molecular weight is 466 g/mol. The molecule has 0 aromatic heterocycles. The Morgan fingerprint density at radius 3 is 2.21 bits per heavy atom. The van der Waals surface area contributed by atoms with Gasteiger partial charge in [0.15, 0.2) is 17.4 Å². The Kier molecular flexibility index (Phi) is 7.83. The monoisotopic (exact) mass is 465 g/mol. The molecular formula is C20H30BrF2NO4. The average Bonchev–Trinajstić information content (AvgIpc) is 2.51. The van der Waals surface area contributed by atoms with E-state index < -0.39 is 23.5 Å². The van der Waals surface area contributed by atoms with E-state index in [9.17, 15) is 19.0 Å². The molecule has 1 unspecified atom stereocenters. The summed E-state index contributed by atoms with van der Waals surface area (Å²) in [4.78, 5) is 2.20. The highest BCUT2D eigenvalue weighted by atomic mass is 79.9. The Morgan fingerprint density at radius 2 is 1.68 bits per heavy atom. The lowest BCUT2D eigenvalue weighted by Crippen LogP contribution is -2.63. The second kappa shape index (κ2) is 9.34. The summed E-state index contributed by atoms with van der Waals surface area (Å²) in [6, 6.07) is 2.25. The maximum atomic E-state index is 13.7. The van der Waals surface area contributed by atoms with Gasteiger partial charge in [-0.3, -0.25) is 4.90 Å². The Morgan fingerprint density at radius 1 is 1.14 bits per heavy atom. The first kappa shape index (κ1) is 23.5. The Labute approximate surface area is 173 Å². The van der Waals surface area contributed by atoms with Gasteiger partial charge in [0, 0.05) is 22.1 Å². The summed E-state index contributed by atoms with van der Waals surface area (Å²) in [6.45, 7) is 8.77. The molecule has 0 radical (unpaired) electrons. The van der Waals surface area contributed by atoms with Crippen LogP contribution < -0.4 is 4.74 Å². The maximum Gasteiger partial charge on any atom is 0.190 e. The Bertz CT molecular complexity index is 631. The van der Waals surface area contributed by atoms with Gasteiger partial charge in [-0.1, -0.05) is 15.9 Å². The second-order valence-electron chi connectivity index (χ2n) is 8.57. The van der Waals surface area contributed by atoms with Gasteiger partial charge in [-0.05, 0) is 52.7 Å². The van der Waals surface area contributed by atoms with Crippen molar-refractivity contribution in [3.05, 3.63) is 28.2 Å². The first-order chi connectivity index (χ1) is 12.9. The van der Waals surface area contributed by atoms with Crippen LogP contribution in [0.3, 0.4) is 0 Å². The number of hydrogen-bond acceptors (Lipinski definition) is 5. The van der Waals surface area contributed by atoms with Crippen LogP contribution in [0.5, 0.6) is 5.75 Å². The molecule has 8 heteroatoms. The minimum atomic E-state index is -0.788. The third-order valence-electron chi connectivity index (χ3n) is 5.07.